The summed E-state index contributed by atoms with van der Waals surface area (Å²) in [5.74, 6) is -0.212. The van der Waals surface area contributed by atoms with E-state index in [1.165, 1.54) is 0 Å². The van der Waals surface area contributed by atoms with Crippen molar-refractivity contribution in [2.24, 2.45) is 0 Å². The number of benzene rings is 2. The molecule has 0 spiro atoms. The summed E-state index contributed by atoms with van der Waals surface area (Å²) in [6.07, 6.45) is 3.38. The van der Waals surface area contributed by atoms with E-state index in [1.54, 1.807) is 35.6 Å². The highest BCUT2D eigenvalue weighted by Gasteiger charge is 2.30. The van der Waals surface area contributed by atoms with Crippen LogP contribution in [0.1, 0.15) is 30.7 Å². The Balaban J connectivity index is 1.38. The molecule has 0 bridgehead atoms. The number of aryl methyl sites for hydroxylation is 1. The number of hydrogen-bond acceptors (Lipinski definition) is 6. The van der Waals surface area contributed by atoms with Crippen LogP contribution in [-0.2, 0) is 14.6 Å². The Bertz CT molecular complexity index is 1180. The molecule has 3 aromatic rings. The second-order valence-corrected chi connectivity index (χ2v) is 11.0. The molecule has 0 radical (unpaired) electrons. The van der Waals surface area contributed by atoms with E-state index in [0.717, 1.165) is 41.9 Å². The fourth-order valence-corrected chi connectivity index (χ4v) is 6.33. The molecule has 4 rings (SSSR count). The van der Waals surface area contributed by atoms with Crippen molar-refractivity contribution in [2.45, 2.75) is 42.8 Å². The van der Waals surface area contributed by atoms with Crippen molar-refractivity contribution in [1.29, 1.82) is 0 Å². The van der Waals surface area contributed by atoms with E-state index in [0.29, 0.717) is 16.3 Å². The first-order valence-electron chi connectivity index (χ1n) is 10.3. The number of rotatable bonds is 7. The molecule has 0 atom stereocenters. The minimum absolute atomic E-state index is 0.0347. The van der Waals surface area contributed by atoms with Crippen molar-refractivity contribution in [3.05, 3.63) is 58.9 Å². The second kappa shape index (κ2) is 9.20. The fourth-order valence-electron chi connectivity index (χ4n) is 3.81. The molecule has 0 aliphatic heterocycles. The van der Waals surface area contributed by atoms with Crippen molar-refractivity contribution in [2.75, 3.05) is 17.2 Å². The molecule has 1 heterocycles. The molecular formula is C23H25N3O3S2. The molecule has 0 saturated heterocycles. The third-order valence-corrected chi connectivity index (χ3v) is 8.45. The summed E-state index contributed by atoms with van der Waals surface area (Å²) in [5, 5.41) is 8.60. The minimum Gasteiger partial charge on any atom is -0.376 e. The predicted octanol–water partition coefficient (Wildman–Crippen LogP) is 4.89. The molecule has 2 aromatic carbocycles. The van der Waals surface area contributed by atoms with E-state index in [9.17, 15) is 13.2 Å². The number of nitrogens with one attached hydrogen (secondary N) is 2. The fraction of sp³-hybridized carbons (Fsp3) is 0.304. The molecule has 1 aliphatic carbocycles. The SMILES string of the molecule is Cc1nc(-c2cccc(NC(=O)CNc3cccc(S(=O)(=O)C4CCCC4)c3)c2)cs1. The quantitative estimate of drug-likeness (QED) is 0.530. The van der Waals surface area contributed by atoms with Crippen LogP contribution in [0.4, 0.5) is 11.4 Å². The molecule has 6 nitrogen and oxygen atoms in total. The number of sulfone groups is 1. The zero-order chi connectivity index (χ0) is 21.8. The predicted molar refractivity (Wildman–Crippen MR) is 125 cm³/mol. The molecule has 1 aromatic heterocycles. The second-order valence-electron chi connectivity index (χ2n) is 7.71. The molecule has 2 N–H and O–H groups in total. The molecule has 1 saturated carbocycles. The van der Waals surface area contributed by atoms with Crippen LogP contribution >= 0.6 is 11.3 Å². The van der Waals surface area contributed by atoms with Gasteiger partial charge in [0.25, 0.3) is 0 Å². The maximum atomic E-state index is 12.8. The summed E-state index contributed by atoms with van der Waals surface area (Å²) in [4.78, 5) is 17.2. The van der Waals surface area contributed by atoms with Crippen molar-refractivity contribution < 1.29 is 13.2 Å². The summed E-state index contributed by atoms with van der Waals surface area (Å²) >= 11 is 1.58. The highest BCUT2D eigenvalue weighted by molar-refractivity contribution is 7.92. The third kappa shape index (κ3) is 5.14. The Kier molecular flexibility index (Phi) is 6.38. The molecule has 1 amide bonds. The van der Waals surface area contributed by atoms with E-state index in [4.69, 9.17) is 0 Å². The average molecular weight is 456 g/mol. The number of thiazole rings is 1. The van der Waals surface area contributed by atoms with Crippen molar-refractivity contribution in [3.8, 4) is 11.3 Å². The average Bonchev–Trinajstić information content (AvgIpc) is 3.45. The first kappa shape index (κ1) is 21.5. The highest BCUT2D eigenvalue weighted by atomic mass is 32.2. The summed E-state index contributed by atoms with van der Waals surface area (Å²) in [5.41, 5.74) is 3.13. The molecule has 1 aliphatic rings. The zero-order valence-electron chi connectivity index (χ0n) is 17.3. The lowest BCUT2D eigenvalue weighted by atomic mass is 10.1. The van der Waals surface area contributed by atoms with E-state index >= 15 is 0 Å². The molecule has 162 valence electrons. The van der Waals surface area contributed by atoms with Crippen molar-refractivity contribution in [3.63, 3.8) is 0 Å². The van der Waals surface area contributed by atoms with Gasteiger partial charge in [-0.3, -0.25) is 4.79 Å². The largest absolute Gasteiger partial charge is 0.376 e. The van der Waals surface area contributed by atoms with Gasteiger partial charge in [0.05, 0.1) is 27.4 Å². The van der Waals surface area contributed by atoms with E-state index in [2.05, 4.69) is 15.6 Å². The zero-order valence-corrected chi connectivity index (χ0v) is 18.9. The molecule has 0 unspecified atom stereocenters. The summed E-state index contributed by atoms with van der Waals surface area (Å²) in [7, 11) is -3.32. The molecule has 1 fully saturated rings. The Morgan fingerprint density at radius 2 is 1.84 bits per heavy atom. The van der Waals surface area contributed by atoms with Gasteiger partial charge < -0.3 is 10.6 Å². The number of hydrogen-bond donors (Lipinski definition) is 2. The van der Waals surface area contributed by atoms with Crippen molar-refractivity contribution in [1.82, 2.24) is 4.98 Å². The maximum absolute atomic E-state index is 12.8. The summed E-state index contributed by atoms with van der Waals surface area (Å²) in [6, 6.07) is 14.3. The Hall–Kier alpha value is -2.71. The van der Waals surface area contributed by atoms with Gasteiger partial charge in [-0.05, 0) is 50.1 Å². The van der Waals surface area contributed by atoms with Gasteiger partial charge in [-0.1, -0.05) is 31.0 Å². The van der Waals surface area contributed by atoms with Crippen LogP contribution in [0, 0.1) is 6.92 Å². The van der Waals surface area contributed by atoms with Crippen molar-refractivity contribution >= 4 is 38.5 Å². The van der Waals surface area contributed by atoms with Crippen LogP contribution in [0.15, 0.2) is 58.8 Å². The van der Waals surface area contributed by atoms with Crippen LogP contribution < -0.4 is 10.6 Å². The number of carbonyl (C=O) groups is 1. The number of aromatic nitrogens is 1. The minimum atomic E-state index is -3.32. The van der Waals surface area contributed by atoms with Crippen LogP contribution in [0.5, 0.6) is 0 Å². The van der Waals surface area contributed by atoms with Gasteiger partial charge in [0.1, 0.15) is 0 Å². The number of anilines is 2. The number of nitrogens with zero attached hydrogens (tertiary/aromatic N) is 1. The van der Waals surface area contributed by atoms with Gasteiger partial charge >= 0.3 is 0 Å². The van der Waals surface area contributed by atoms with Gasteiger partial charge in [0.15, 0.2) is 9.84 Å². The van der Waals surface area contributed by atoms with E-state index in [-0.39, 0.29) is 17.7 Å². The van der Waals surface area contributed by atoms with Gasteiger partial charge in [0, 0.05) is 22.3 Å². The number of amides is 1. The lowest BCUT2D eigenvalue weighted by Gasteiger charge is -2.13. The standard InChI is InChI=1S/C23H25N3O3S2/c1-16-25-22(15-30-16)17-6-4-8-19(12-17)26-23(27)14-24-18-7-5-11-21(13-18)31(28,29)20-9-2-3-10-20/h4-8,11-13,15,20,24H,2-3,9-10,14H2,1H3,(H,26,27). The molecule has 8 heteroatoms. The van der Waals surface area contributed by atoms with Crippen LogP contribution in [0.2, 0.25) is 0 Å². The highest BCUT2D eigenvalue weighted by Crippen LogP contribution is 2.30. The van der Waals surface area contributed by atoms with Gasteiger partial charge in [0.2, 0.25) is 5.91 Å². The Morgan fingerprint density at radius 3 is 2.58 bits per heavy atom. The third-order valence-electron chi connectivity index (χ3n) is 5.42. The van der Waals surface area contributed by atoms with Gasteiger partial charge in [-0.2, -0.15) is 0 Å². The Morgan fingerprint density at radius 1 is 1.10 bits per heavy atom. The lowest BCUT2D eigenvalue weighted by Crippen LogP contribution is -2.22. The topological polar surface area (TPSA) is 88.2 Å². The lowest BCUT2D eigenvalue weighted by molar-refractivity contribution is -0.114. The smallest absolute Gasteiger partial charge is 0.243 e. The summed E-state index contributed by atoms with van der Waals surface area (Å²) < 4.78 is 25.6. The Labute approximate surface area is 186 Å². The van der Waals surface area contributed by atoms with Gasteiger partial charge in [-0.25, -0.2) is 13.4 Å². The summed E-state index contributed by atoms with van der Waals surface area (Å²) in [6.45, 7) is 1.99. The molecular weight excluding hydrogens is 430 g/mol. The van der Waals surface area contributed by atoms with Crippen LogP contribution in [0.3, 0.4) is 0 Å². The first-order valence-corrected chi connectivity index (χ1v) is 12.7. The van der Waals surface area contributed by atoms with Crippen LogP contribution in [0.25, 0.3) is 11.3 Å². The number of carbonyl (C=O) groups excluding carboxylic acids is 1. The van der Waals surface area contributed by atoms with Gasteiger partial charge in [-0.15, -0.1) is 11.3 Å². The van der Waals surface area contributed by atoms with Crippen LogP contribution in [-0.4, -0.2) is 31.1 Å². The monoisotopic (exact) mass is 455 g/mol. The first-order chi connectivity index (χ1) is 14.9. The maximum Gasteiger partial charge on any atom is 0.243 e. The van der Waals surface area contributed by atoms with E-state index in [1.807, 2.05) is 36.6 Å². The normalized spacial score (nSPS) is 14.5. The molecule has 31 heavy (non-hydrogen) atoms. The van der Waals surface area contributed by atoms with E-state index < -0.39 is 9.84 Å².